The van der Waals surface area contributed by atoms with E-state index < -0.39 is 0 Å². The van der Waals surface area contributed by atoms with Gasteiger partial charge in [-0.05, 0) is 156 Å². The lowest BCUT2D eigenvalue weighted by atomic mass is 9.36. The molecule has 2 nitrogen and oxygen atoms in total. The third-order valence-corrected chi connectivity index (χ3v) is 17.0. The van der Waals surface area contributed by atoms with Gasteiger partial charge in [0.2, 0.25) is 0 Å². The second kappa shape index (κ2) is 15.0. The fraction of sp³-hybridized carbons (Fsp3) is 0.397. The number of hydrogen-bond acceptors (Lipinski definition) is 3. The minimum atomic E-state index is -0.0284. The van der Waals surface area contributed by atoms with Crippen molar-refractivity contribution < 1.29 is 0 Å². The number of rotatable bonds is 3. The van der Waals surface area contributed by atoms with Gasteiger partial charge in [-0.15, -0.1) is 11.3 Å². The standard InChI is InChI=1S/C63H73BN2S/c1-38-32-52-55-53(33-38)66(50-28-22-41(59(5,6)7)35-46(50)39-18-27-47-48(34-39)63(16,17)31-30-62(47,14)15)56-45-26-21-43(61(11,12)13)37-54(45)67-57(56)64(55)49-36-42(60(8,9)10)23-29-51(49)65(52)44-24-19-40(20-25-44)58(2,3)4/h18-29,32-37H,30-31H2,1-17H3. The van der Waals surface area contributed by atoms with E-state index in [9.17, 15) is 0 Å². The molecule has 344 valence electrons. The van der Waals surface area contributed by atoms with Crippen LogP contribution in [-0.2, 0) is 32.5 Å². The van der Waals surface area contributed by atoms with Crippen LogP contribution >= 0.6 is 11.3 Å². The molecule has 3 heterocycles. The highest BCUT2D eigenvalue weighted by molar-refractivity contribution is 7.33. The Balaban J connectivity index is 1.32. The van der Waals surface area contributed by atoms with Crippen molar-refractivity contribution in [1.29, 1.82) is 0 Å². The molecule has 1 aliphatic carbocycles. The van der Waals surface area contributed by atoms with Gasteiger partial charge in [-0.1, -0.05) is 171 Å². The van der Waals surface area contributed by atoms with Crippen molar-refractivity contribution in [2.75, 3.05) is 9.80 Å². The molecule has 1 aromatic heterocycles. The summed E-state index contributed by atoms with van der Waals surface area (Å²) in [5, 5.41) is 1.33. The van der Waals surface area contributed by atoms with Crippen LogP contribution in [-0.4, -0.2) is 6.71 Å². The van der Waals surface area contributed by atoms with Gasteiger partial charge in [0.25, 0.3) is 6.71 Å². The maximum absolute atomic E-state index is 2.71. The number of anilines is 6. The number of nitrogens with zero attached hydrogens (tertiary/aromatic N) is 2. The van der Waals surface area contributed by atoms with E-state index in [1.54, 1.807) is 0 Å². The van der Waals surface area contributed by atoms with E-state index in [4.69, 9.17) is 0 Å². The van der Waals surface area contributed by atoms with Crippen molar-refractivity contribution in [2.24, 2.45) is 0 Å². The molecule has 2 aliphatic heterocycles. The summed E-state index contributed by atoms with van der Waals surface area (Å²) in [6.07, 6.45) is 2.39. The molecule has 0 fully saturated rings. The molecule has 0 radical (unpaired) electrons. The van der Waals surface area contributed by atoms with E-state index in [-0.39, 0.29) is 39.2 Å². The molecule has 6 aromatic carbocycles. The fourth-order valence-electron chi connectivity index (χ4n) is 11.4. The average molecular weight is 901 g/mol. The zero-order valence-electron chi connectivity index (χ0n) is 43.7. The van der Waals surface area contributed by atoms with Crippen molar-refractivity contribution in [2.45, 2.75) is 163 Å². The molecular formula is C63H73BN2S. The Morgan fingerprint density at radius 3 is 1.63 bits per heavy atom. The van der Waals surface area contributed by atoms with Crippen molar-refractivity contribution in [1.82, 2.24) is 0 Å². The lowest BCUT2D eigenvalue weighted by molar-refractivity contribution is 0.332. The van der Waals surface area contributed by atoms with Crippen molar-refractivity contribution in [3.8, 4) is 11.1 Å². The van der Waals surface area contributed by atoms with Crippen molar-refractivity contribution in [3.63, 3.8) is 0 Å². The van der Waals surface area contributed by atoms with Crippen LogP contribution in [0.15, 0.2) is 109 Å². The Kier molecular flexibility index (Phi) is 10.2. The Bertz CT molecular complexity index is 3130. The van der Waals surface area contributed by atoms with E-state index in [0.29, 0.717) is 0 Å². The first kappa shape index (κ1) is 45.7. The quantitative estimate of drug-likeness (QED) is 0.163. The molecule has 3 aliphatic rings. The third-order valence-electron chi connectivity index (χ3n) is 15.8. The summed E-state index contributed by atoms with van der Waals surface area (Å²) in [6.45, 7) is 40.3. The minimum Gasteiger partial charge on any atom is -0.311 e. The van der Waals surface area contributed by atoms with Gasteiger partial charge in [0.1, 0.15) is 0 Å². The molecule has 67 heavy (non-hydrogen) atoms. The summed E-state index contributed by atoms with van der Waals surface area (Å²) in [4.78, 5) is 5.30. The topological polar surface area (TPSA) is 6.48 Å². The first-order valence-corrected chi connectivity index (χ1v) is 25.8. The molecule has 0 saturated carbocycles. The first-order valence-electron chi connectivity index (χ1n) is 25.0. The minimum absolute atomic E-state index is 0.0156. The van der Waals surface area contributed by atoms with Gasteiger partial charge in [-0.25, -0.2) is 0 Å². The Labute approximate surface area is 407 Å². The first-order chi connectivity index (χ1) is 31.1. The SMILES string of the molecule is Cc1cc2c3c(c1)N(c1ccc(C(C)(C)C)cc1-c1ccc4c(c1)C(C)(C)CCC4(C)C)c1c(sc4cc(C(C)(C)C)ccc14)B3c1cc(C(C)(C)C)ccc1N2c1ccc(C(C)(C)C)cc1. The van der Waals surface area contributed by atoms with E-state index in [1.165, 1.54) is 123 Å². The second-order valence-electron chi connectivity index (χ2n) is 25.9. The number of aryl methyl sites for hydroxylation is 1. The van der Waals surface area contributed by atoms with E-state index in [0.717, 1.165) is 0 Å². The molecular weight excluding hydrogens is 828 g/mol. The third kappa shape index (κ3) is 7.51. The summed E-state index contributed by atoms with van der Waals surface area (Å²) in [5.74, 6) is 0. The summed E-state index contributed by atoms with van der Waals surface area (Å²) >= 11 is 2.02. The largest absolute Gasteiger partial charge is 0.311 e. The van der Waals surface area contributed by atoms with Crippen LogP contribution < -0.4 is 25.5 Å². The van der Waals surface area contributed by atoms with Crippen molar-refractivity contribution in [3.05, 3.63) is 148 Å². The van der Waals surface area contributed by atoms with E-state index in [1.807, 2.05) is 11.3 Å². The highest BCUT2D eigenvalue weighted by atomic mass is 32.1. The number of fused-ring (bicyclic) bond motifs is 7. The van der Waals surface area contributed by atoms with Gasteiger partial charge >= 0.3 is 0 Å². The monoisotopic (exact) mass is 901 g/mol. The van der Waals surface area contributed by atoms with E-state index >= 15 is 0 Å². The smallest absolute Gasteiger partial charge is 0.264 e. The van der Waals surface area contributed by atoms with Crippen LogP contribution in [0.2, 0.25) is 0 Å². The van der Waals surface area contributed by atoms with Gasteiger partial charge in [0.05, 0.1) is 11.4 Å². The normalized spacial score (nSPS) is 16.5. The zero-order valence-corrected chi connectivity index (χ0v) is 44.5. The molecule has 7 aromatic rings. The van der Waals surface area contributed by atoms with Gasteiger partial charge in [0, 0.05) is 43.2 Å². The van der Waals surface area contributed by atoms with E-state index in [2.05, 4.69) is 237 Å². The summed E-state index contributed by atoms with van der Waals surface area (Å²) < 4.78 is 2.78. The summed E-state index contributed by atoms with van der Waals surface area (Å²) in [6, 6.07) is 44.0. The summed E-state index contributed by atoms with van der Waals surface area (Å²) in [5.41, 5.74) is 22.9. The Morgan fingerprint density at radius 2 is 1.01 bits per heavy atom. The molecule has 0 unspecified atom stereocenters. The zero-order chi connectivity index (χ0) is 48.1. The van der Waals surface area contributed by atoms with Crippen molar-refractivity contribution >= 4 is 78.0 Å². The lowest BCUT2D eigenvalue weighted by Gasteiger charge is -2.44. The molecule has 0 amide bonds. The predicted molar refractivity (Wildman–Crippen MR) is 296 cm³/mol. The fourth-order valence-corrected chi connectivity index (χ4v) is 12.7. The number of benzene rings is 6. The Morgan fingerprint density at radius 1 is 0.493 bits per heavy atom. The highest BCUT2D eigenvalue weighted by Gasteiger charge is 2.46. The van der Waals surface area contributed by atoms with Gasteiger partial charge in [-0.3, -0.25) is 0 Å². The molecule has 0 atom stereocenters. The van der Waals surface area contributed by atoms with Gasteiger partial charge in [0.15, 0.2) is 0 Å². The van der Waals surface area contributed by atoms with Crippen LogP contribution in [0.25, 0.3) is 21.2 Å². The van der Waals surface area contributed by atoms with Crippen LogP contribution in [0.5, 0.6) is 0 Å². The molecule has 0 spiro atoms. The predicted octanol–water partition coefficient (Wildman–Crippen LogP) is 16.5. The lowest BCUT2D eigenvalue weighted by Crippen LogP contribution is -2.60. The van der Waals surface area contributed by atoms with Crippen LogP contribution in [0.1, 0.15) is 163 Å². The maximum Gasteiger partial charge on any atom is 0.264 e. The average Bonchev–Trinajstić information content (AvgIpc) is 3.62. The summed E-state index contributed by atoms with van der Waals surface area (Å²) in [7, 11) is 0. The Hall–Kier alpha value is -5.06. The number of hydrogen-bond donors (Lipinski definition) is 0. The second-order valence-corrected chi connectivity index (χ2v) is 27.0. The maximum atomic E-state index is 2.71. The highest BCUT2D eigenvalue weighted by Crippen LogP contribution is 2.53. The molecule has 0 saturated heterocycles. The van der Waals surface area contributed by atoms with Crippen LogP contribution in [0.4, 0.5) is 34.1 Å². The molecule has 10 rings (SSSR count). The van der Waals surface area contributed by atoms with Gasteiger partial charge in [-0.2, -0.15) is 0 Å². The van der Waals surface area contributed by atoms with Crippen LogP contribution in [0, 0.1) is 6.92 Å². The number of thiophene rings is 1. The molecule has 0 bridgehead atoms. The van der Waals surface area contributed by atoms with Gasteiger partial charge < -0.3 is 9.80 Å². The van der Waals surface area contributed by atoms with Crippen LogP contribution in [0.3, 0.4) is 0 Å². The molecule has 0 N–H and O–H groups in total. The molecule has 4 heteroatoms.